The van der Waals surface area contributed by atoms with Gasteiger partial charge in [0.25, 0.3) is 5.91 Å². The van der Waals surface area contributed by atoms with Gasteiger partial charge in [-0.3, -0.25) is 4.79 Å². The molecule has 0 radical (unpaired) electrons. The second kappa shape index (κ2) is 7.26. The third-order valence-corrected chi connectivity index (χ3v) is 5.57. The van der Waals surface area contributed by atoms with E-state index in [4.69, 9.17) is 4.98 Å². The third kappa shape index (κ3) is 3.99. The highest BCUT2D eigenvalue weighted by atomic mass is 32.1. The normalized spacial score (nSPS) is 13.9. The van der Waals surface area contributed by atoms with E-state index in [0.29, 0.717) is 12.5 Å². The van der Waals surface area contributed by atoms with Crippen LogP contribution in [0.4, 0.5) is 0 Å². The zero-order valence-corrected chi connectivity index (χ0v) is 14.7. The van der Waals surface area contributed by atoms with Crippen LogP contribution in [0.2, 0.25) is 0 Å². The van der Waals surface area contributed by atoms with Crippen LogP contribution in [0.15, 0.2) is 24.3 Å². The Morgan fingerprint density at radius 3 is 2.65 bits per heavy atom. The zero-order chi connectivity index (χ0) is 16.2. The van der Waals surface area contributed by atoms with Gasteiger partial charge in [0, 0.05) is 23.4 Å². The number of fused-ring (bicyclic) bond motifs is 1. The number of carbonyl (C=O) groups excluding carboxylic acids is 1. The molecule has 0 spiro atoms. The Morgan fingerprint density at radius 2 is 1.96 bits per heavy atom. The Bertz CT molecular complexity index is 650. The fraction of sp³-hybridized carbons (Fsp3) is 0.474. The van der Waals surface area contributed by atoms with Crippen molar-refractivity contribution in [2.45, 2.75) is 51.9 Å². The van der Waals surface area contributed by atoms with Crippen molar-refractivity contribution in [1.29, 1.82) is 0 Å². The van der Waals surface area contributed by atoms with E-state index >= 15 is 0 Å². The molecule has 1 aromatic heterocycles. The van der Waals surface area contributed by atoms with Crippen molar-refractivity contribution >= 4 is 17.2 Å². The molecule has 0 fully saturated rings. The third-order valence-electron chi connectivity index (χ3n) is 4.35. The molecule has 1 aromatic carbocycles. The maximum absolute atomic E-state index is 12.2. The van der Waals surface area contributed by atoms with Gasteiger partial charge >= 0.3 is 0 Å². The lowest BCUT2D eigenvalue weighted by Gasteiger charge is -2.07. The molecule has 0 bridgehead atoms. The SMILES string of the molecule is CC(C)c1ccc(C(=O)NCCc2nc3c(s2)CCCC3)cc1. The van der Waals surface area contributed by atoms with E-state index in [1.54, 1.807) is 0 Å². The van der Waals surface area contributed by atoms with Gasteiger partial charge in [0.05, 0.1) is 10.7 Å². The van der Waals surface area contributed by atoms with Crippen molar-refractivity contribution < 1.29 is 4.79 Å². The lowest BCUT2D eigenvalue weighted by molar-refractivity contribution is 0.0954. The Balaban J connectivity index is 1.51. The van der Waals surface area contributed by atoms with Crippen molar-refractivity contribution in [2.75, 3.05) is 6.54 Å². The van der Waals surface area contributed by atoms with Gasteiger partial charge < -0.3 is 5.32 Å². The molecule has 2 aromatic rings. The van der Waals surface area contributed by atoms with Gasteiger partial charge in [0.15, 0.2) is 0 Å². The predicted octanol–water partition coefficient (Wildman–Crippen LogP) is 4.12. The van der Waals surface area contributed by atoms with Gasteiger partial charge in [0.2, 0.25) is 0 Å². The number of hydrogen-bond donors (Lipinski definition) is 1. The molecular formula is C19H24N2OS. The Kier molecular flexibility index (Phi) is 5.11. The number of aromatic nitrogens is 1. The Morgan fingerprint density at radius 1 is 1.22 bits per heavy atom. The van der Waals surface area contributed by atoms with Gasteiger partial charge in [-0.05, 0) is 49.3 Å². The summed E-state index contributed by atoms with van der Waals surface area (Å²) in [4.78, 5) is 18.4. The molecule has 1 N–H and O–H groups in total. The van der Waals surface area contributed by atoms with Gasteiger partial charge in [-0.15, -0.1) is 11.3 Å². The van der Waals surface area contributed by atoms with Crippen molar-refractivity contribution in [3.05, 3.63) is 51.0 Å². The highest BCUT2D eigenvalue weighted by molar-refractivity contribution is 7.11. The minimum Gasteiger partial charge on any atom is -0.352 e. The Labute approximate surface area is 142 Å². The second-order valence-corrected chi connectivity index (χ2v) is 7.64. The highest BCUT2D eigenvalue weighted by Gasteiger charge is 2.15. The molecule has 1 amide bonds. The molecule has 1 heterocycles. The summed E-state index contributed by atoms with van der Waals surface area (Å²) < 4.78 is 0. The van der Waals surface area contributed by atoms with Crippen LogP contribution in [-0.4, -0.2) is 17.4 Å². The molecule has 4 heteroatoms. The number of hydrogen-bond acceptors (Lipinski definition) is 3. The van der Waals surface area contributed by atoms with Crippen LogP contribution < -0.4 is 5.32 Å². The van der Waals surface area contributed by atoms with E-state index in [1.165, 1.54) is 35.4 Å². The second-order valence-electron chi connectivity index (χ2n) is 6.47. The number of rotatable bonds is 5. The topological polar surface area (TPSA) is 42.0 Å². The molecule has 0 unspecified atom stereocenters. The number of amides is 1. The number of thiazole rings is 1. The average Bonchev–Trinajstić information content (AvgIpc) is 2.97. The van der Waals surface area contributed by atoms with Crippen molar-refractivity contribution in [3.63, 3.8) is 0 Å². The number of aryl methyl sites for hydroxylation is 2. The van der Waals surface area contributed by atoms with Gasteiger partial charge in [-0.1, -0.05) is 26.0 Å². The average molecular weight is 328 g/mol. The first-order valence-corrected chi connectivity index (χ1v) is 9.31. The summed E-state index contributed by atoms with van der Waals surface area (Å²) in [5.74, 6) is 0.490. The largest absolute Gasteiger partial charge is 0.352 e. The van der Waals surface area contributed by atoms with Crippen LogP contribution in [0.1, 0.15) is 64.1 Å². The van der Waals surface area contributed by atoms with Crippen molar-refractivity contribution in [1.82, 2.24) is 10.3 Å². The minimum atomic E-state index is 0.00151. The zero-order valence-electron chi connectivity index (χ0n) is 13.9. The van der Waals surface area contributed by atoms with E-state index in [1.807, 2.05) is 35.6 Å². The van der Waals surface area contributed by atoms with Gasteiger partial charge in [-0.2, -0.15) is 0 Å². The van der Waals surface area contributed by atoms with Gasteiger partial charge in [-0.25, -0.2) is 4.98 Å². The maximum Gasteiger partial charge on any atom is 0.251 e. The summed E-state index contributed by atoms with van der Waals surface area (Å²) in [7, 11) is 0. The maximum atomic E-state index is 12.2. The van der Waals surface area contributed by atoms with Crippen LogP contribution in [0, 0.1) is 0 Å². The van der Waals surface area contributed by atoms with Crippen LogP contribution in [0.5, 0.6) is 0 Å². The van der Waals surface area contributed by atoms with Crippen molar-refractivity contribution in [2.24, 2.45) is 0 Å². The molecule has 0 atom stereocenters. The van der Waals surface area contributed by atoms with E-state index in [0.717, 1.165) is 23.4 Å². The molecule has 1 aliphatic carbocycles. The smallest absolute Gasteiger partial charge is 0.251 e. The fourth-order valence-corrected chi connectivity index (χ4v) is 4.07. The van der Waals surface area contributed by atoms with Crippen LogP contribution in [0.3, 0.4) is 0 Å². The lowest BCUT2D eigenvalue weighted by Crippen LogP contribution is -2.25. The summed E-state index contributed by atoms with van der Waals surface area (Å²) in [5, 5.41) is 4.16. The van der Waals surface area contributed by atoms with E-state index in [-0.39, 0.29) is 5.91 Å². The molecule has 0 saturated heterocycles. The van der Waals surface area contributed by atoms with Gasteiger partial charge in [0.1, 0.15) is 0 Å². The fourth-order valence-electron chi connectivity index (χ4n) is 2.92. The monoisotopic (exact) mass is 328 g/mol. The van der Waals surface area contributed by atoms with Crippen LogP contribution >= 0.6 is 11.3 Å². The molecule has 0 aliphatic heterocycles. The molecule has 23 heavy (non-hydrogen) atoms. The molecule has 0 saturated carbocycles. The van der Waals surface area contributed by atoms with E-state index in [2.05, 4.69) is 19.2 Å². The summed E-state index contributed by atoms with van der Waals surface area (Å²) in [6.07, 6.45) is 5.69. The number of carbonyl (C=O) groups is 1. The standard InChI is InChI=1S/C19H24N2OS/c1-13(2)14-7-9-15(10-8-14)19(22)20-12-11-18-21-16-5-3-4-6-17(16)23-18/h7-10,13H,3-6,11-12H2,1-2H3,(H,20,22). The van der Waals surface area contributed by atoms with E-state index < -0.39 is 0 Å². The number of benzene rings is 1. The molecule has 3 nitrogen and oxygen atoms in total. The first kappa shape index (κ1) is 16.2. The molecule has 122 valence electrons. The summed E-state index contributed by atoms with van der Waals surface area (Å²) >= 11 is 1.83. The van der Waals surface area contributed by atoms with Crippen molar-refractivity contribution in [3.8, 4) is 0 Å². The first-order chi connectivity index (χ1) is 11.1. The van der Waals surface area contributed by atoms with Crippen LogP contribution in [0.25, 0.3) is 0 Å². The Hall–Kier alpha value is -1.68. The first-order valence-electron chi connectivity index (χ1n) is 8.49. The number of nitrogens with one attached hydrogen (secondary N) is 1. The summed E-state index contributed by atoms with van der Waals surface area (Å²) in [6, 6.07) is 7.89. The summed E-state index contributed by atoms with van der Waals surface area (Å²) in [5.41, 5.74) is 3.29. The lowest BCUT2D eigenvalue weighted by atomic mass is 10.0. The number of nitrogens with zero attached hydrogens (tertiary/aromatic N) is 1. The quantitative estimate of drug-likeness (QED) is 0.897. The molecule has 3 rings (SSSR count). The van der Waals surface area contributed by atoms with E-state index in [9.17, 15) is 4.79 Å². The highest BCUT2D eigenvalue weighted by Crippen LogP contribution is 2.26. The molecule has 1 aliphatic rings. The van der Waals surface area contributed by atoms with Crippen LogP contribution in [-0.2, 0) is 19.3 Å². The molecular weight excluding hydrogens is 304 g/mol. The predicted molar refractivity (Wildman–Crippen MR) is 95.3 cm³/mol. The summed E-state index contributed by atoms with van der Waals surface area (Å²) in [6.45, 7) is 4.96. The minimum absolute atomic E-state index is 0.00151.